The van der Waals surface area contributed by atoms with E-state index in [-0.39, 0.29) is 29.6 Å². The molecule has 156 valence electrons. The molecule has 2 atom stereocenters. The van der Waals surface area contributed by atoms with Crippen molar-refractivity contribution in [2.24, 2.45) is 11.8 Å². The first-order valence-corrected chi connectivity index (χ1v) is 9.83. The van der Waals surface area contributed by atoms with Crippen LogP contribution in [0.2, 0.25) is 0 Å². The Balaban J connectivity index is 2.13. The van der Waals surface area contributed by atoms with Crippen LogP contribution in [0.15, 0.2) is 24.3 Å². The highest BCUT2D eigenvalue weighted by Crippen LogP contribution is 2.31. The van der Waals surface area contributed by atoms with Crippen LogP contribution in [0.5, 0.6) is 5.75 Å². The normalized spacial score (nSPS) is 18.6. The molecule has 1 saturated heterocycles. The monoisotopic (exact) mass is 391 g/mol. The van der Waals surface area contributed by atoms with Gasteiger partial charge < -0.3 is 19.5 Å². The molecular weight excluding hydrogens is 358 g/mol. The van der Waals surface area contributed by atoms with E-state index in [1.165, 1.54) is 0 Å². The van der Waals surface area contributed by atoms with E-state index in [9.17, 15) is 14.7 Å². The topological polar surface area (TPSA) is 76.1 Å². The Hall–Kier alpha value is -2.24. The van der Waals surface area contributed by atoms with E-state index < -0.39 is 11.2 Å². The zero-order valence-corrected chi connectivity index (χ0v) is 17.8. The number of likely N-dealkylation sites (tertiary alicyclic amines) is 1. The van der Waals surface area contributed by atoms with Crippen molar-refractivity contribution < 1.29 is 24.2 Å². The van der Waals surface area contributed by atoms with Gasteiger partial charge >= 0.3 is 12.1 Å². The molecule has 1 amide bonds. The van der Waals surface area contributed by atoms with Crippen LogP contribution in [0.4, 0.5) is 4.79 Å². The minimum atomic E-state index is -0.576. The van der Waals surface area contributed by atoms with E-state index in [1.807, 2.05) is 53.7 Å². The molecule has 6 heteroatoms. The van der Waals surface area contributed by atoms with Gasteiger partial charge in [0.05, 0.1) is 5.92 Å². The summed E-state index contributed by atoms with van der Waals surface area (Å²) in [5, 5.41) is 9.50. The SMILES string of the molecule is CC(C)(C)OC(=O)[C@@H](Cc1ccc(O)cc1)[C@H]1CCN(C(=O)OC(C)(C)C)C1. The van der Waals surface area contributed by atoms with Crippen molar-refractivity contribution in [3.8, 4) is 5.75 Å². The Labute approximate surface area is 167 Å². The molecule has 1 aromatic carbocycles. The third kappa shape index (κ3) is 6.73. The second-order valence-electron chi connectivity index (χ2n) is 9.49. The number of hydrogen-bond donors (Lipinski definition) is 1. The molecule has 1 aliphatic rings. The lowest BCUT2D eigenvalue weighted by Gasteiger charge is -2.28. The summed E-state index contributed by atoms with van der Waals surface area (Å²) in [6.45, 7) is 12.1. The summed E-state index contributed by atoms with van der Waals surface area (Å²) in [6.07, 6.45) is 0.881. The van der Waals surface area contributed by atoms with Crippen molar-refractivity contribution >= 4 is 12.1 Å². The Kier molecular flexibility index (Phi) is 6.63. The molecule has 0 aromatic heterocycles. The molecule has 0 aliphatic carbocycles. The van der Waals surface area contributed by atoms with Crippen LogP contribution in [-0.4, -0.2) is 46.4 Å². The zero-order valence-electron chi connectivity index (χ0n) is 17.8. The highest BCUT2D eigenvalue weighted by atomic mass is 16.6. The van der Waals surface area contributed by atoms with Crippen LogP contribution < -0.4 is 0 Å². The van der Waals surface area contributed by atoms with Crippen LogP contribution >= 0.6 is 0 Å². The average molecular weight is 392 g/mol. The minimum Gasteiger partial charge on any atom is -0.508 e. The summed E-state index contributed by atoms with van der Waals surface area (Å²) in [4.78, 5) is 27.0. The summed E-state index contributed by atoms with van der Waals surface area (Å²) in [6, 6.07) is 6.85. The Morgan fingerprint density at radius 2 is 1.64 bits per heavy atom. The van der Waals surface area contributed by atoms with E-state index in [0.29, 0.717) is 19.5 Å². The van der Waals surface area contributed by atoms with Gasteiger partial charge in [-0.25, -0.2) is 4.79 Å². The number of carbonyl (C=O) groups is 2. The Bertz CT molecular complexity index is 684. The number of aromatic hydroxyl groups is 1. The number of hydrogen-bond acceptors (Lipinski definition) is 5. The molecule has 1 fully saturated rings. The van der Waals surface area contributed by atoms with E-state index >= 15 is 0 Å². The first kappa shape index (κ1) is 22.1. The third-order valence-corrected chi connectivity index (χ3v) is 4.55. The number of benzene rings is 1. The second kappa shape index (κ2) is 8.41. The second-order valence-corrected chi connectivity index (χ2v) is 9.49. The molecule has 2 rings (SSSR count). The molecule has 0 unspecified atom stereocenters. The average Bonchev–Trinajstić information content (AvgIpc) is 3.00. The van der Waals surface area contributed by atoms with Gasteiger partial charge in [0.1, 0.15) is 17.0 Å². The van der Waals surface area contributed by atoms with Gasteiger partial charge in [-0.15, -0.1) is 0 Å². The number of ether oxygens (including phenoxy) is 2. The molecular formula is C22H33NO5. The maximum absolute atomic E-state index is 12.9. The van der Waals surface area contributed by atoms with Gasteiger partial charge in [0.2, 0.25) is 0 Å². The lowest BCUT2D eigenvalue weighted by atomic mass is 9.86. The predicted molar refractivity (Wildman–Crippen MR) is 107 cm³/mol. The van der Waals surface area contributed by atoms with Crippen LogP contribution in [-0.2, 0) is 20.7 Å². The highest BCUT2D eigenvalue weighted by molar-refractivity contribution is 5.74. The number of amides is 1. The van der Waals surface area contributed by atoms with E-state index in [4.69, 9.17) is 9.47 Å². The van der Waals surface area contributed by atoms with Crippen LogP contribution in [0.3, 0.4) is 0 Å². The lowest BCUT2D eigenvalue weighted by Crippen LogP contribution is -2.38. The maximum atomic E-state index is 12.9. The molecule has 1 aromatic rings. The van der Waals surface area contributed by atoms with Gasteiger partial charge in [0.25, 0.3) is 0 Å². The minimum absolute atomic E-state index is 0.00354. The van der Waals surface area contributed by atoms with Gasteiger partial charge in [-0.1, -0.05) is 12.1 Å². The number of phenols is 1. The predicted octanol–water partition coefficient (Wildman–Crippen LogP) is 4.15. The van der Waals surface area contributed by atoms with Gasteiger partial charge in [-0.05, 0) is 78.0 Å². The molecule has 1 N–H and O–H groups in total. The third-order valence-electron chi connectivity index (χ3n) is 4.55. The number of nitrogens with zero attached hydrogens (tertiary/aromatic N) is 1. The van der Waals surface area contributed by atoms with Crippen molar-refractivity contribution in [1.82, 2.24) is 4.90 Å². The number of esters is 1. The largest absolute Gasteiger partial charge is 0.508 e. The maximum Gasteiger partial charge on any atom is 0.410 e. The molecule has 1 aliphatic heterocycles. The molecule has 0 radical (unpaired) electrons. The first-order chi connectivity index (χ1) is 12.8. The van der Waals surface area contributed by atoms with Crippen molar-refractivity contribution in [3.63, 3.8) is 0 Å². The fourth-order valence-corrected chi connectivity index (χ4v) is 3.31. The van der Waals surface area contributed by atoms with Crippen molar-refractivity contribution in [1.29, 1.82) is 0 Å². The number of carbonyl (C=O) groups excluding carboxylic acids is 2. The van der Waals surface area contributed by atoms with E-state index in [1.54, 1.807) is 17.0 Å². The highest BCUT2D eigenvalue weighted by Gasteiger charge is 2.39. The lowest BCUT2D eigenvalue weighted by molar-refractivity contribution is -0.161. The molecule has 6 nitrogen and oxygen atoms in total. The van der Waals surface area contributed by atoms with E-state index in [2.05, 4.69) is 0 Å². The van der Waals surface area contributed by atoms with E-state index in [0.717, 1.165) is 12.0 Å². The van der Waals surface area contributed by atoms with Crippen molar-refractivity contribution in [3.05, 3.63) is 29.8 Å². The van der Waals surface area contributed by atoms with Gasteiger partial charge in [0.15, 0.2) is 0 Å². The van der Waals surface area contributed by atoms with Crippen LogP contribution in [0.1, 0.15) is 53.5 Å². The Morgan fingerprint density at radius 3 is 2.18 bits per heavy atom. The Morgan fingerprint density at radius 1 is 1.07 bits per heavy atom. The molecule has 0 bridgehead atoms. The van der Waals surface area contributed by atoms with Crippen molar-refractivity contribution in [2.75, 3.05) is 13.1 Å². The summed E-state index contributed by atoms with van der Waals surface area (Å²) < 4.78 is 11.1. The molecule has 0 spiro atoms. The zero-order chi connectivity index (χ0) is 21.1. The number of phenolic OH excluding ortho intramolecular Hbond substituents is 1. The summed E-state index contributed by atoms with van der Waals surface area (Å²) in [7, 11) is 0. The van der Waals surface area contributed by atoms with Crippen LogP contribution in [0.25, 0.3) is 0 Å². The molecule has 1 heterocycles. The number of rotatable bonds is 4. The standard InChI is InChI=1S/C22H33NO5/c1-21(2,3)27-19(25)18(13-15-7-9-17(24)10-8-15)16-11-12-23(14-16)20(26)28-22(4,5)6/h7-10,16,18,24H,11-14H2,1-6H3/t16-,18-/m0/s1. The quantitative estimate of drug-likeness (QED) is 0.781. The van der Waals surface area contributed by atoms with Gasteiger partial charge in [-0.2, -0.15) is 0 Å². The van der Waals surface area contributed by atoms with Gasteiger partial charge in [0, 0.05) is 13.1 Å². The van der Waals surface area contributed by atoms with Crippen molar-refractivity contribution in [2.45, 2.75) is 65.6 Å². The molecule has 0 saturated carbocycles. The summed E-state index contributed by atoms with van der Waals surface area (Å²) in [5.41, 5.74) is -0.177. The smallest absolute Gasteiger partial charge is 0.410 e. The summed E-state index contributed by atoms with van der Waals surface area (Å²) >= 11 is 0. The first-order valence-electron chi connectivity index (χ1n) is 9.83. The fraction of sp³-hybridized carbons (Fsp3) is 0.636. The molecule has 28 heavy (non-hydrogen) atoms. The van der Waals surface area contributed by atoms with Crippen LogP contribution in [0, 0.1) is 11.8 Å². The summed E-state index contributed by atoms with van der Waals surface area (Å²) in [5.74, 6) is -0.432. The fourth-order valence-electron chi connectivity index (χ4n) is 3.31. The van der Waals surface area contributed by atoms with Gasteiger partial charge in [-0.3, -0.25) is 4.79 Å².